The summed E-state index contributed by atoms with van der Waals surface area (Å²) in [5, 5.41) is 0. The van der Waals surface area contributed by atoms with E-state index >= 15 is 0 Å². The van der Waals surface area contributed by atoms with Gasteiger partial charge in [0.05, 0.1) is 0 Å². The highest BCUT2D eigenvalue weighted by Crippen LogP contribution is 2.20. The summed E-state index contributed by atoms with van der Waals surface area (Å²) in [4.78, 5) is 0. The molecule has 1 aliphatic rings. The largest absolute Gasteiger partial charge is 0.449 e. The SMILES string of the molecule is CC1CCCC(C)N1[SiH2]O[SiH2]O[SiH3]. The van der Waals surface area contributed by atoms with Gasteiger partial charge >= 0.3 is 0 Å². The Morgan fingerprint density at radius 3 is 2.46 bits per heavy atom. The molecule has 1 fully saturated rings. The Morgan fingerprint density at radius 2 is 1.92 bits per heavy atom. The van der Waals surface area contributed by atoms with Crippen molar-refractivity contribution in [3.8, 4) is 0 Å². The molecule has 1 rings (SSSR count). The van der Waals surface area contributed by atoms with Crippen molar-refractivity contribution >= 4 is 30.4 Å². The average Bonchev–Trinajstić information content (AvgIpc) is 2.10. The summed E-state index contributed by atoms with van der Waals surface area (Å²) in [5.41, 5.74) is 0. The first-order valence-corrected chi connectivity index (χ1v) is 8.26. The fourth-order valence-corrected chi connectivity index (χ4v) is 6.14. The van der Waals surface area contributed by atoms with Crippen LogP contribution in [0.4, 0.5) is 0 Å². The van der Waals surface area contributed by atoms with Crippen molar-refractivity contribution in [2.45, 2.75) is 45.2 Å². The van der Waals surface area contributed by atoms with E-state index in [-0.39, 0.29) is 0 Å². The number of hydrogen-bond donors (Lipinski definition) is 0. The van der Waals surface area contributed by atoms with E-state index in [0.717, 1.165) is 22.6 Å². The van der Waals surface area contributed by atoms with Crippen LogP contribution in [0.2, 0.25) is 0 Å². The molecule has 0 aromatic rings. The maximum atomic E-state index is 5.68. The van der Waals surface area contributed by atoms with Gasteiger partial charge in [0.2, 0.25) is 9.92 Å². The number of nitrogens with zero attached hydrogens (tertiary/aromatic N) is 1. The Morgan fingerprint density at radius 1 is 1.31 bits per heavy atom. The second-order valence-corrected chi connectivity index (χ2v) is 9.05. The third-order valence-corrected chi connectivity index (χ3v) is 6.70. The van der Waals surface area contributed by atoms with Gasteiger partial charge in [-0.15, -0.1) is 0 Å². The van der Waals surface area contributed by atoms with Crippen molar-refractivity contribution in [2.75, 3.05) is 0 Å². The number of rotatable bonds is 4. The van der Waals surface area contributed by atoms with Crippen molar-refractivity contribution in [3.05, 3.63) is 0 Å². The minimum absolute atomic E-state index is 0.448. The number of piperidine rings is 1. The van der Waals surface area contributed by atoms with E-state index < -0.39 is 19.9 Å². The van der Waals surface area contributed by atoms with Gasteiger partial charge in [-0.25, -0.2) is 0 Å². The molecule has 0 aliphatic carbocycles. The van der Waals surface area contributed by atoms with E-state index in [1.165, 1.54) is 19.3 Å². The van der Waals surface area contributed by atoms with Crippen LogP contribution >= 0.6 is 0 Å². The van der Waals surface area contributed by atoms with Gasteiger partial charge in [0, 0.05) is 12.1 Å². The third-order valence-electron chi connectivity index (χ3n) is 2.82. The molecule has 0 spiro atoms. The van der Waals surface area contributed by atoms with E-state index in [4.69, 9.17) is 8.23 Å². The molecule has 0 N–H and O–H groups in total. The summed E-state index contributed by atoms with van der Waals surface area (Å²) in [6.07, 6.45) is 4.09. The Kier molecular flexibility index (Phi) is 5.44. The van der Waals surface area contributed by atoms with Gasteiger partial charge in [0.15, 0.2) is 0 Å². The van der Waals surface area contributed by atoms with Crippen LogP contribution in [-0.4, -0.2) is 47.1 Å². The van der Waals surface area contributed by atoms with Crippen LogP contribution in [0.3, 0.4) is 0 Å². The summed E-state index contributed by atoms with van der Waals surface area (Å²) < 4.78 is 13.4. The zero-order valence-electron chi connectivity index (χ0n) is 8.95. The van der Waals surface area contributed by atoms with Gasteiger partial charge in [-0.2, -0.15) is 0 Å². The second-order valence-electron chi connectivity index (χ2n) is 3.88. The van der Waals surface area contributed by atoms with Crippen LogP contribution in [0, 0.1) is 0 Å². The summed E-state index contributed by atoms with van der Waals surface area (Å²) in [6.45, 7) is 4.66. The van der Waals surface area contributed by atoms with E-state index in [1.54, 1.807) is 0 Å². The van der Waals surface area contributed by atoms with Crippen LogP contribution < -0.4 is 0 Å². The molecule has 1 heterocycles. The van der Waals surface area contributed by atoms with Crippen molar-refractivity contribution in [1.29, 1.82) is 0 Å². The predicted octanol–water partition coefficient (Wildman–Crippen LogP) is -1.44. The monoisotopic (exact) mass is 235 g/mol. The normalized spacial score (nSPS) is 32.8. The van der Waals surface area contributed by atoms with Crippen molar-refractivity contribution in [1.82, 2.24) is 4.57 Å². The van der Waals surface area contributed by atoms with Crippen LogP contribution in [0.25, 0.3) is 0 Å². The molecule has 0 saturated carbocycles. The van der Waals surface area contributed by atoms with E-state index in [2.05, 4.69) is 18.4 Å². The van der Waals surface area contributed by atoms with Crippen molar-refractivity contribution in [3.63, 3.8) is 0 Å². The summed E-state index contributed by atoms with van der Waals surface area (Å²) in [5.74, 6) is 0. The van der Waals surface area contributed by atoms with Gasteiger partial charge in [-0.1, -0.05) is 20.3 Å². The molecule has 0 aromatic carbocycles. The quantitative estimate of drug-likeness (QED) is 0.440. The maximum absolute atomic E-state index is 5.68. The minimum Gasteiger partial charge on any atom is -0.449 e. The first-order chi connectivity index (χ1) is 6.25. The van der Waals surface area contributed by atoms with Crippen LogP contribution in [0.1, 0.15) is 33.1 Å². The zero-order valence-corrected chi connectivity index (χ0v) is 13.8. The minimum atomic E-state index is -0.587. The molecule has 0 aromatic heterocycles. The highest BCUT2D eigenvalue weighted by Gasteiger charge is 2.24. The fourth-order valence-electron chi connectivity index (χ4n) is 1.96. The molecule has 78 valence electrons. The molecule has 6 heteroatoms. The standard InChI is InChI=1S/C7H21NO2Si3/c1-6-4-3-5-7(2)8(6)12-10-13-9-11/h6-7H,3-5,12-13H2,1-2,11H3. The van der Waals surface area contributed by atoms with E-state index in [1.807, 2.05) is 0 Å². The second kappa shape index (κ2) is 6.10. The van der Waals surface area contributed by atoms with Crippen LogP contribution in [0.5, 0.6) is 0 Å². The Bertz CT molecular complexity index is 140. The first kappa shape index (κ1) is 11.6. The molecule has 13 heavy (non-hydrogen) atoms. The predicted molar refractivity (Wildman–Crippen MR) is 63.8 cm³/mol. The smallest absolute Gasteiger partial charge is 0.283 e. The lowest BCUT2D eigenvalue weighted by molar-refractivity contribution is 0.189. The molecular weight excluding hydrogens is 214 g/mol. The van der Waals surface area contributed by atoms with Gasteiger partial charge in [-0.3, -0.25) is 0 Å². The van der Waals surface area contributed by atoms with Gasteiger partial charge in [-0.05, 0) is 12.8 Å². The van der Waals surface area contributed by atoms with Gasteiger partial charge in [0.1, 0.15) is 10.5 Å². The molecule has 0 bridgehead atoms. The molecule has 3 nitrogen and oxygen atoms in total. The highest BCUT2D eigenvalue weighted by atomic mass is 28.3. The lowest BCUT2D eigenvalue weighted by Crippen LogP contribution is -2.47. The van der Waals surface area contributed by atoms with E-state index in [9.17, 15) is 0 Å². The Balaban J connectivity index is 2.26. The molecule has 2 unspecified atom stereocenters. The highest BCUT2D eigenvalue weighted by molar-refractivity contribution is 6.40. The molecule has 1 aliphatic heterocycles. The Hall–Kier alpha value is 0.531. The van der Waals surface area contributed by atoms with Crippen molar-refractivity contribution in [2.24, 2.45) is 0 Å². The topological polar surface area (TPSA) is 21.7 Å². The average molecular weight is 236 g/mol. The summed E-state index contributed by atoms with van der Waals surface area (Å²) >= 11 is 0. The van der Waals surface area contributed by atoms with Crippen LogP contribution in [-0.2, 0) is 8.23 Å². The molecular formula is C7H21NO2Si3. The van der Waals surface area contributed by atoms with Gasteiger partial charge in [0.25, 0.3) is 10.0 Å². The fraction of sp³-hybridized carbons (Fsp3) is 1.00. The molecule has 2 atom stereocenters. The van der Waals surface area contributed by atoms with Crippen molar-refractivity contribution < 1.29 is 8.23 Å². The summed E-state index contributed by atoms with van der Waals surface area (Å²) in [7, 11) is -0.188. The zero-order chi connectivity index (χ0) is 9.68. The third kappa shape index (κ3) is 3.64. The number of hydrogen-bond acceptors (Lipinski definition) is 3. The molecule has 1 saturated heterocycles. The van der Waals surface area contributed by atoms with Gasteiger partial charge < -0.3 is 12.8 Å². The first-order valence-electron chi connectivity index (χ1n) is 5.08. The van der Waals surface area contributed by atoms with Crippen LogP contribution in [0.15, 0.2) is 0 Å². The Labute approximate surface area is 88.8 Å². The molecule has 0 amide bonds. The maximum Gasteiger partial charge on any atom is 0.283 e. The summed E-state index contributed by atoms with van der Waals surface area (Å²) in [6, 6.07) is 1.50. The molecule has 0 radical (unpaired) electrons. The van der Waals surface area contributed by atoms with E-state index in [0.29, 0.717) is 0 Å². The lowest BCUT2D eigenvalue weighted by atomic mass is 10.0. The lowest BCUT2D eigenvalue weighted by Gasteiger charge is -2.38.